The molecule has 0 fully saturated rings. The van der Waals surface area contributed by atoms with Gasteiger partial charge < -0.3 is 20.3 Å². The number of aromatic carboxylic acids is 1. The van der Waals surface area contributed by atoms with Crippen molar-refractivity contribution in [1.29, 1.82) is 0 Å². The smallest absolute Gasteiger partial charge is 0.540 e. The minimum absolute atomic E-state index is 0. The molecule has 0 aliphatic carbocycles. The fraction of sp³-hybridized carbons (Fsp3) is 0. The van der Waals surface area contributed by atoms with Gasteiger partial charge in [-0.2, -0.15) is 0 Å². The van der Waals surface area contributed by atoms with Crippen molar-refractivity contribution < 1.29 is 54.2 Å². The molecule has 0 spiro atoms. The number of thiophene rings is 1. The van der Waals surface area contributed by atoms with Gasteiger partial charge in [0.1, 0.15) is 10.8 Å². The van der Waals surface area contributed by atoms with Crippen LogP contribution in [0.4, 0.5) is 5.69 Å². The van der Waals surface area contributed by atoms with E-state index in [-0.39, 0.29) is 40.1 Å². The molecule has 0 aliphatic rings. The summed E-state index contributed by atoms with van der Waals surface area (Å²) in [5.74, 6) is -4.61. The first-order chi connectivity index (χ1) is 9.88. The molecular weight excluding hydrogens is 341 g/mol. The number of carbonyl (C=O) groups is 3. The number of anilines is 1. The van der Waals surface area contributed by atoms with Crippen LogP contribution >= 0.6 is 22.9 Å². The van der Waals surface area contributed by atoms with Crippen LogP contribution in [0, 0.1) is 0 Å². The summed E-state index contributed by atoms with van der Waals surface area (Å²) in [4.78, 5) is 33.0. The van der Waals surface area contributed by atoms with Crippen LogP contribution in [-0.4, -0.2) is 23.0 Å². The predicted octanol–water partition coefficient (Wildman–Crippen LogP) is -1.54. The van der Waals surface area contributed by atoms with Gasteiger partial charge in [0.25, 0.3) is 5.91 Å². The zero-order valence-electron chi connectivity index (χ0n) is 11.3. The largest absolute Gasteiger partial charge is 1.00 e. The molecule has 2 rings (SSSR count). The summed E-state index contributed by atoms with van der Waals surface area (Å²) >= 11 is 6.68. The van der Waals surface area contributed by atoms with Crippen LogP contribution in [0.2, 0.25) is 5.02 Å². The maximum absolute atomic E-state index is 11.1. The van der Waals surface area contributed by atoms with Crippen LogP contribution < -0.4 is 40.0 Å². The Morgan fingerprint density at radius 2 is 1.77 bits per heavy atom. The number of carboxylic acid groups (broad SMARTS) is 2. The Bertz CT molecular complexity index is 729. The van der Waals surface area contributed by atoms with E-state index >= 15 is 0 Å². The number of rotatable bonds is 3. The van der Waals surface area contributed by atoms with Crippen LogP contribution in [0.15, 0.2) is 30.3 Å². The first-order valence-corrected chi connectivity index (χ1v) is 6.73. The molecule has 0 saturated carbocycles. The standard InChI is InChI=1S/C13H8ClNO5S.Na/c14-7-3-1-6(2-4-7)9-5-8(10(21-9)12(17)18)15-11(16)13(19)20;/h1-5H,(H,15,16)(H,17,18)(H,19,20);/q;+1/p-1. The summed E-state index contributed by atoms with van der Waals surface area (Å²) in [5.41, 5.74) is 0.604. The number of amides is 1. The molecule has 2 N–H and O–H groups in total. The quantitative estimate of drug-likeness (QED) is 0.517. The summed E-state index contributed by atoms with van der Waals surface area (Å²) in [5, 5.41) is 22.0. The first-order valence-electron chi connectivity index (χ1n) is 5.54. The molecule has 1 amide bonds. The number of benzene rings is 1. The average Bonchev–Trinajstić information content (AvgIpc) is 2.83. The fourth-order valence-electron chi connectivity index (χ4n) is 1.57. The molecule has 0 radical (unpaired) electrons. The van der Waals surface area contributed by atoms with Crippen LogP contribution in [0.25, 0.3) is 10.4 Å². The number of halogens is 1. The first kappa shape index (κ1) is 18.7. The number of hydrogen-bond donors (Lipinski definition) is 2. The van der Waals surface area contributed by atoms with Crippen molar-refractivity contribution in [3.05, 3.63) is 40.2 Å². The molecule has 0 bridgehead atoms. The number of carboxylic acids is 2. The Morgan fingerprint density at radius 1 is 1.18 bits per heavy atom. The molecule has 6 nitrogen and oxygen atoms in total. The van der Waals surface area contributed by atoms with Crippen molar-refractivity contribution in [2.75, 3.05) is 5.32 Å². The van der Waals surface area contributed by atoms with E-state index in [4.69, 9.17) is 16.7 Å². The van der Waals surface area contributed by atoms with Gasteiger partial charge in [-0.05, 0) is 23.8 Å². The van der Waals surface area contributed by atoms with Gasteiger partial charge in [0.15, 0.2) is 0 Å². The van der Waals surface area contributed by atoms with E-state index in [0.29, 0.717) is 15.5 Å². The Kier molecular flexibility index (Phi) is 6.58. The molecule has 2 aromatic rings. The number of aliphatic carboxylic acids is 1. The third-order valence-corrected chi connectivity index (χ3v) is 3.91. The summed E-state index contributed by atoms with van der Waals surface area (Å²) < 4.78 is 0. The monoisotopic (exact) mass is 347 g/mol. The van der Waals surface area contributed by atoms with E-state index in [0.717, 1.165) is 11.3 Å². The van der Waals surface area contributed by atoms with Crippen LogP contribution in [0.5, 0.6) is 0 Å². The molecule has 0 aliphatic heterocycles. The zero-order chi connectivity index (χ0) is 15.6. The van der Waals surface area contributed by atoms with E-state index in [1.807, 2.05) is 5.32 Å². The minimum atomic E-state index is -1.94. The Labute approximate surface area is 156 Å². The third kappa shape index (κ3) is 4.31. The predicted molar refractivity (Wildman–Crippen MR) is 75.4 cm³/mol. The minimum Gasteiger partial charge on any atom is -0.540 e. The van der Waals surface area contributed by atoms with Crippen molar-refractivity contribution in [2.24, 2.45) is 0 Å². The number of nitrogens with one attached hydrogen (secondary N) is 1. The van der Waals surface area contributed by atoms with Crippen molar-refractivity contribution in [3.8, 4) is 10.4 Å². The molecular formula is C13H7ClNNaO5S. The van der Waals surface area contributed by atoms with E-state index in [2.05, 4.69) is 0 Å². The third-order valence-electron chi connectivity index (χ3n) is 2.49. The second-order valence-corrected chi connectivity index (χ2v) is 5.40. The maximum Gasteiger partial charge on any atom is 1.00 e. The SMILES string of the molecule is O=C([O-])C(=O)Nc1cc(-c2ccc(Cl)cc2)sc1C(=O)O.[Na+]. The normalized spacial score (nSPS) is 9.68. The van der Waals surface area contributed by atoms with Gasteiger partial charge in [-0.1, -0.05) is 23.7 Å². The summed E-state index contributed by atoms with van der Waals surface area (Å²) in [6, 6.07) is 8.03. The van der Waals surface area contributed by atoms with Crippen LogP contribution in [0.3, 0.4) is 0 Å². The Balaban J connectivity index is 0.00000242. The fourth-order valence-corrected chi connectivity index (χ4v) is 2.66. The summed E-state index contributed by atoms with van der Waals surface area (Å²) in [7, 11) is 0. The van der Waals surface area contributed by atoms with Gasteiger partial charge in [0.2, 0.25) is 0 Å². The number of hydrogen-bond acceptors (Lipinski definition) is 5. The molecule has 1 aromatic heterocycles. The van der Waals surface area contributed by atoms with Gasteiger partial charge in [0.05, 0.1) is 5.69 Å². The Hall–Kier alpha value is -1.38. The molecule has 0 saturated heterocycles. The molecule has 1 aromatic carbocycles. The molecule has 108 valence electrons. The van der Waals surface area contributed by atoms with E-state index in [1.165, 1.54) is 6.07 Å². The van der Waals surface area contributed by atoms with E-state index in [1.54, 1.807) is 24.3 Å². The van der Waals surface area contributed by atoms with Gasteiger partial charge in [-0.3, -0.25) is 4.79 Å². The van der Waals surface area contributed by atoms with Crippen LogP contribution in [0.1, 0.15) is 9.67 Å². The average molecular weight is 348 g/mol. The van der Waals surface area contributed by atoms with Gasteiger partial charge in [-0.25, -0.2) is 4.79 Å². The van der Waals surface area contributed by atoms with Gasteiger partial charge >= 0.3 is 35.5 Å². The second kappa shape index (κ2) is 7.75. The van der Waals surface area contributed by atoms with Crippen molar-refractivity contribution in [3.63, 3.8) is 0 Å². The molecule has 22 heavy (non-hydrogen) atoms. The van der Waals surface area contributed by atoms with Gasteiger partial charge in [0, 0.05) is 9.90 Å². The zero-order valence-corrected chi connectivity index (χ0v) is 14.8. The maximum atomic E-state index is 11.1. The van der Waals surface area contributed by atoms with Crippen LogP contribution in [-0.2, 0) is 9.59 Å². The second-order valence-electron chi connectivity index (χ2n) is 3.91. The molecule has 9 heteroatoms. The van der Waals surface area contributed by atoms with Crippen molar-refractivity contribution in [1.82, 2.24) is 0 Å². The van der Waals surface area contributed by atoms with E-state index in [9.17, 15) is 19.5 Å². The topological polar surface area (TPSA) is 107 Å². The number of carbonyl (C=O) groups excluding carboxylic acids is 2. The summed E-state index contributed by atoms with van der Waals surface area (Å²) in [6.07, 6.45) is 0. The summed E-state index contributed by atoms with van der Waals surface area (Å²) in [6.45, 7) is 0. The Morgan fingerprint density at radius 3 is 2.27 bits per heavy atom. The molecule has 0 atom stereocenters. The molecule has 1 heterocycles. The van der Waals surface area contributed by atoms with Crippen molar-refractivity contribution >= 4 is 46.5 Å². The van der Waals surface area contributed by atoms with Gasteiger partial charge in [-0.15, -0.1) is 11.3 Å². The molecule has 0 unspecified atom stereocenters. The van der Waals surface area contributed by atoms with Crippen molar-refractivity contribution in [2.45, 2.75) is 0 Å². The van der Waals surface area contributed by atoms with E-state index < -0.39 is 17.8 Å².